The molecule has 3 amide bonds. The SMILES string of the molecule is Cc1c[nH]c2ncc(-c3cc4c(c(C5CCCN5C(=O)OC(C)(C)C)c3)CN(C(=O)N3CCOC(C)C3)CC4)cc12. The van der Waals surface area contributed by atoms with Gasteiger partial charge in [-0.3, -0.25) is 0 Å². The van der Waals surface area contributed by atoms with E-state index >= 15 is 0 Å². The van der Waals surface area contributed by atoms with E-state index in [9.17, 15) is 9.59 Å². The number of aryl methyl sites for hydroxylation is 1. The number of aromatic amines is 1. The van der Waals surface area contributed by atoms with E-state index in [1.54, 1.807) is 0 Å². The van der Waals surface area contributed by atoms with Gasteiger partial charge in [0.1, 0.15) is 11.2 Å². The van der Waals surface area contributed by atoms with Gasteiger partial charge < -0.3 is 29.2 Å². The molecule has 2 unspecified atom stereocenters. The third-order valence-electron chi connectivity index (χ3n) is 8.47. The third kappa shape index (κ3) is 5.52. The van der Waals surface area contributed by atoms with Crippen LogP contribution in [0.2, 0.25) is 0 Å². The highest BCUT2D eigenvalue weighted by atomic mass is 16.6. The lowest BCUT2D eigenvalue weighted by Crippen LogP contribution is -2.51. The van der Waals surface area contributed by atoms with Gasteiger partial charge in [-0.2, -0.15) is 0 Å². The molecular formula is C32H41N5O4. The number of ether oxygens (including phenoxy) is 2. The minimum Gasteiger partial charge on any atom is -0.444 e. The maximum Gasteiger partial charge on any atom is 0.410 e. The van der Waals surface area contributed by atoms with Crippen molar-refractivity contribution in [3.8, 4) is 11.1 Å². The maximum absolute atomic E-state index is 13.6. The molecule has 1 N–H and O–H groups in total. The van der Waals surface area contributed by atoms with Gasteiger partial charge >= 0.3 is 12.1 Å². The number of hydrogen-bond acceptors (Lipinski definition) is 5. The van der Waals surface area contributed by atoms with Crippen LogP contribution in [0, 0.1) is 6.92 Å². The summed E-state index contributed by atoms with van der Waals surface area (Å²) in [6, 6.07) is 6.63. The zero-order valence-electron chi connectivity index (χ0n) is 24.8. The number of pyridine rings is 1. The summed E-state index contributed by atoms with van der Waals surface area (Å²) in [5.74, 6) is 0. The van der Waals surface area contributed by atoms with E-state index in [4.69, 9.17) is 9.47 Å². The average molecular weight is 560 g/mol. The first-order chi connectivity index (χ1) is 19.6. The largest absolute Gasteiger partial charge is 0.444 e. The lowest BCUT2D eigenvalue weighted by molar-refractivity contribution is -0.00976. The van der Waals surface area contributed by atoms with Crippen LogP contribution in [0.15, 0.2) is 30.6 Å². The van der Waals surface area contributed by atoms with Crippen molar-refractivity contribution in [2.45, 2.75) is 78.2 Å². The van der Waals surface area contributed by atoms with Crippen LogP contribution >= 0.6 is 0 Å². The molecule has 2 fully saturated rings. The molecule has 218 valence electrons. The molecule has 0 radical (unpaired) electrons. The molecule has 0 saturated carbocycles. The van der Waals surface area contributed by atoms with Crippen LogP contribution in [0.25, 0.3) is 22.2 Å². The molecule has 5 heterocycles. The van der Waals surface area contributed by atoms with Crippen LogP contribution < -0.4 is 0 Å². The fraction of sp³-hybridized carbons (Fsp3) is 0.531. The average Bonchev–Trinajstić information content (AvgIpc) is 3.58. The normalized spacial score (nSPS) is 21.3. The highest BCUT2D eigenvalue weighted by Gasteiger charge is 2.37. The number of carbonyl (C=O) groups is 2. The monoisotopic (exact) mass is 559 g/mol. The van der Waals surface area contributed by atoms with Gasteiger partial charge in [0, 0.05) is 56.1 Å². The van der Waals surface area contributed by atoms with Crippen molar-refractivity contribution in [3.05, 3.63) is 52.8 Å². The number of morpholine rings is 1. The van der Waals surface area contributed by atoms with Gasteiger partial charge in [0.2, 0.25) is 0 Å². The standard InChI is InChI=1S/C32H41N5O4/c1-20-16-33-29-25(20)15-24(17-34-29)23-13-22-8-10-35(30(38)36-11-12-40-21(2)18-36)19-27(22)26(14-23)28-7-6-9-37(28)31(39)41-32(3,4)5/h13-17,21,28H,6-12,18-19H2,1-5H3,(H,33,34). The Morgan fingerprint density at radius 3 is 2.71 bits per heavy atom. The van der Waals surface area contributed by atoms with E-state index in [1.807, 2.05) is 54.8 Å². The summed E-state index contributed by atoms with van der Waals surface area (Å²) < 4.78 is 11.5. The smallest absolute Gasteiger partial charge is 0.410 e. The highest BCUT2D eigenvalue weighted by Crippen LogP contribution is 2.40. The van der Waals surface area contributed by atoms with Crippen molar-refractivity contribution < 1.29 is 19.1 Å². The van der Waals surface area contributed by atoms with E-state index in [2.05, 4.69) is 35.1 Å². The number of hydrogen-bond donors (Lipinski definition) is 1. The van der Waals surface area contributed by atoms with Gasteiger partial charge in [0.05, 0.1) is 18.8 Å². The fourth-order valence-corrected chi connectivity index (χ4v) is 6.44. The van der Waals surface area contributed by atoms with E-state index in [0.717, 1.165) is 58.1 Å². The molecule has 2 saturated heterocycles. The summed E-state index contributed by atoms with van der Waals surface area (Å²) in [5, 5.41) is 1.11. The van der Waals surface area contributed by atoms with Crippen molar-refractivity contribution in [1.82, 2.24) is 24.7 Å². The van der Waals surface area contributed by atoms with E-state index in [1.165, 1.54) is 5.56 Å². The Balaban J connectivity index is 1.39. The molecule has 41 heavy (non-hydrogen) atoms. The minimum absolute atomic E-state index is 0.0402. The lowest BCUT2D eigenvalue weighted by Gasteiger charge is -2.39. The predicted octanol–water partition coefficient (Wildman–Crippen LogP) is 5.81. The van der Waals surface area contributed by atoms with Gasteiger partial charge in [-0.25, -0.2) is 14.6 Å². The molecule has 0 aliphatic carbocycles. The van der Waals surface area contributed by atoms with Gasteiger partial charge in [0.25, 0.3) is 0 Å². The fourth-order valence-electron chi connectivity index (χ4n) is 6.44. The molecule has 3 aliphatic heterocycles. The summed E-state index contributed by atoms with van der Waals surface area (Å²) in [7, 11) is 0. The summed E-state index contributed by atoms with van der Waals surface area (Å²) >= 11 is 0. The molecule has 3 aromatic rings. The Labute approximate surface area is 241 Å². The summed E-state index contributed by atoms with van der Waals surface area (Å²) in [6.45, 7) is 13.4. The molecule has 2 atom stereocenters. The molecule has 0 bridgehead atoms. The first-order valence-corrected chi connectivity index (χ1v) is 14.8. The summed E-state index contributed by atoms with van der Waals surface area (Å²) in [5.41, 5.74) is 7.10. The van der Waals surface area contributed by atoms with Crippen LogP contribution in [-0.4, -0.2) is 81.3 Å². The second-order valence-corrected chi connectivity index (χ2v) is 12.7. The van der Waals surface area contributed by atoms with Crippen molar-refractivity contribution >= 4 is 23.2 Å². The van der Waals surface area contributed by atoms with E-state index < -0.39 is 5.60 Å². The molecule has 9 heteroatoms. The summed E-state index contributed by atoms with van der Waals surface area (Å²) in [4.78, 5) is 40.6. The molecule has 9 nitrogen and oxygen atoms in total. The summed E-state index contributed by atoms with van der Waals surface area (Å²) in [6.07, 6.45) is 6.19. The Kier molecular flexibility index (Phi) is 7.18. The van der Waals surface area contributed by atoms with Gasteiger partial charge in [-0.15, -0.1) is 0 Å². The van der Waals surface area contributed by atoms with Gasteiger partial charge in [-0.1, -0.05) is 6.07 Å². The Morgan fingerprint density at radius 2 is 1.93 bits per heavy atom. The highest BCUT2D eigenvalue weighted by molar-refractivity contribution is 5.85. The zero-order valence-corrected chi connectivity index (χ0v) is 24.8. The molecule has 0 spiro atoms. The van der Waals surface area contributed by atoms with E-state index in [-0.39, 0.29) is 24.3 Å². The van der Waals surface area contributed by atoms with Crippen molar-refractivity contribution in [3.63, 3.8) is 0 Å². The molecular weight excluding hydrogens is 518 g/mol. The van der Waals surface area contributed by atoms with Crippen LogP contribution in [0.1, 0.15) is 68.8 Å². The third-order valence-corrected chi connectivity index (χ3v) is 8.47. The first kappa shape index (κ1) is 27.6. The lowest BCUT2D eigenvalue weighted by atomic mass is 9.87. The van der Waals surface area contributed by atoms with Gasteiger partial charge in [-0.05, 0) is 93.8 Å². The van der Waals surface area contributed by atoms with Crippen LogP contribution in [0.5, 0.6) is 0 Å². The number of benzene rings is 1. The Bertz CT molecular complexity index is 1470. The van der Waals surface area contributed by atoms with Crippen molar-refractivity contribution in [1.29, 1.82) is 0 Å². The number of aromatic nitrogens is 2. The number of H-pyrrole nitrogens is 1. The number of amides is 3. The topological polar surface area (TPSA) is 91.0 Å². The number of likely N-dealkylation sites (tertiary alicyclic amines) is 1. The van der Waals surface area contributed by atoms with E-state index in [0.29, 0.717) is 39.3 Å². The maximum atomic E-state index is 13.6. The zero-order chi connectivity index (χ0) is 28.9. The molecule has 6 rings (SSSR count). The first-order valence-electron chi connectivity index (χ1n) is 14.8. The number of nitrogens with zero attached hydrogens (tertiary/aromatic N) is 4. The number of carbonyl (C=O) groups excluding carboxylic acids is 2. The molecule has 3 aliphatic rings. The van der Waals surface area contributed by atoms with Gasteiger partial charge in [0.15, 0.2) is 0 Å². The van der Waals surface area contributed by atoms with Crippen LogP contribution in [0.4, 0.5) is 9.59 Å². The molecule has 1 aromatic carbocycles. The predicted molar refractivity (Wildman–Crippen MR) is 158 cm³/mol. The number of urea groups is 1. The Morgan fingerprint density at radius 1 is 1.10 bits per heavy atom. The number of fused-ring (bicyclic) bond motifs is 2. The second-order valence-electron chi connectivity index (χ2n) is 12.7. The van der Waals surface area contributed by atoms with Crippen LogP contribution in [0.3, 0.4) is 0 Å². The quantitative estimate of drug-likeness (QED) is 0.428. The van der Waals surface area contributed by atoms with Crippen molar-refractivity contribution in [2.75, 3.05) is 32.8 Å². The number of rotatable bonds is 2. The number of nitrogens with one attached hydrogen (secondary N) is 1. The van der Waals surface area contributed by atoms with Crippen molar-refractivity contribution in [2.24, 2.45) is 0 Å². The molecule has 2 aromatic heterocycles. The second kappa shape index (κ2) is 10.7. The van der Waals surface area contributed by atoms with Crippen LogP contribution in [-0.2, 0) is 22.4 Å². The Hall–Kier alpha value is -3.59. The minimum atomic E-state index is -0.570.